The summed E-state index contributed by atoms with van der Waals surface area (Å²) >= 11 is 0. The molecule has 2 aromatic rings. The van der Waals surface area contributed by atoms with Crippen LogP contribution < -0.4 is 4.74 Å². The number of ether oxygens (including phenoxy) is 1. The molecule has 2 heterocycles. The van der Waals surface area contributed by atoms with Gasteiger partial charge in [-0.3, -0.25) is 4.98 Å². The molecule has 90 valence electrons. The molecule has 0 radical (unpaired) electrons. The van der Waals surface area contributed by atoms with E-state index in [0.717, 1.165) is 5.56 Å². The summed E-state index contributed by atoms with van der Waals surface area (Å²) in [6.07, 6.45) is 4.08. The molecule has 2 rings (SSSR count). The van der Waals surface area contributed by atoms with Crippen molar-refractivity contribution in [3.8, 4) is 5.75 Å². The lowest BCUT2D eigenvalue weighted by Crippen LogP contribution is -2.01. The molecule has 17 heavy (non-hydrogen) atoms. The largest absolute Gasteiger partial charge is 0.492 e. The Hall–Kier alpha value is -1.81. The Balaban J connectivity index is 2.28. The van der Waals surface area contributed by atoms with Gasteiger partial charge in [-0.25, -0.2) is 0 Å². The Morgan fingerprint density at radius 2 is 2.29 bits per heavy atom. The topological polar surface area (TPSA) is 55.5 Å². The van der Waals surface area contributed by atoms with E-state index in [4.69, 9.17) is 9.15 Å². The maximum Gasteiger partial charge on any atom is 0.137 e. The van der Waals surface area contributed by atoms with Gasteiger partial charge >= 0.3 is 0 Å². The first-order valence-corrected chi connectivity index (χ1v) is 5.52. The van der Waals surface area contributed by atoms with Crippen molar-refractivity contribution in [1.29, 1.82) is 0 Å². The first-order chi connectivity index (χ1) is 8.22. The van der Waals surface area contributed by atoms with Crippen molar-refractivity contribution in [2.45, 2.75) is 20.0 Å². The Morgan fingerprint density at radius 3 is 2.94 bits per heavy atom. The lowest BCUT2D eigenvalue weighted by molar-refractivity contribution is 0.216. The summed E-state index contributed by atoms with van der Waals surface area (Å²) < 4.78 is 10.5. The minimum absolute atomic E-state index is 0.575. The van der Waals surface area contributed by atoms with E-state index >= 15 is 0 Å². The zero-order chi connectivity index (χ0) is 12.3. The summed E-state index contributed by atoms with van der Waals surface area (Å²) in [4.78, 5) is 4.05. The van der Waals surface area contributed by atoms with Crippen LogP contribution in [0.4, 0.5) is 0 Å². The van der Waals surface area contributed by atoms with E-state index in [0.29, 0.717) is 23.7 Å². The highest BCUT2D eigenvalue weighted by molar-refractivity contribution is 5.33. The number of aromatic nitrogens is 1. The molecular formula is C13H15NO3. The van der Waals surface area contributed by atoms with Crippen LogP contribution >= 0.6 is 0 Å². The van der Waals surface area contributed by atoms with Crippen molar-refractivity contribution in [3.63, 3.8) is 0 Å². The highest BCUT2D eigenvalue weighted by atomic mass is 16.5. The van der Waals surface area contributed by atoms with Gasteiger partial charge in [-0.05, 0) is 26.0 Å². The lowest BCUT2D eigenvalue weighted by Gasteiger charge is -2.11. The second-order valence-corrected chi connectivity index (χ2v) is 3.72. The van der Waals surface area contributed by atoms with Gasteiger partial charge in [-0.15, -0.1) is 0 Å². The fraction of sp³-hybridized carbons (Fsp3) is 0.308. The quantitative estimate of drug-likeness (QED) is 0.881. The van der Waals surface area contributed by atoms with Crippen molar-refractivity contribution >= 4 is 0 Å². The molecule has 1 N–H and O–H groups in total. The molecule has 0 saturated carbocycles. The third-order valence-corrected chi connectivity index (χ3v) is 2.55. The molecule has 0 amide bonds. The highest BCUT2D eigenvalue weighted by Crippen LogP contribution is 2.26. The summed E-state index contributed by atoms with van der Waals surface area (Å²) in [6, 6.07) is 3.54. The third-order valence-electron chi connectivity index (χ3n) is 2.55. The average molecular weight is 233 g/mol. The predicted octanol–water partition coefficient (Wildman–Crippen LogP) is 2.46. The Labute approximate surface area is 99.9 Å². The number of aryl methyl sites for hydroxylation is 1. The smallest absolute Gasteiger partial charge is 0.137 e. The molecule has 1 unspecified atom stereocenters. The first kappa shape index (κ1) is 11.7. The Morgan fingerprint density at radius 1 is 1.47 bits per heavy atom. The van der Waals surface area contributed by atoms with E-state index in [9.17, 15) is 5.11 Å². The number of pyridine rings is 1. The van der Waals surface area contributed by atoms with Crippen molar-refractivity contribution in [2.24, 2.45) is 0 Å². The van der Waals surface area contributed by atoms with Crippen LogP contribution in [0.5, 0.6) is 5.75 Å². The van der Waals surface area contributed by atoms with Crippen molar-refractivity contribution in [3.05, 3.63) is 47.7 Å². The second kappa shape index (κ2) is 5.01. The van der Waals surface area contributed by atoms with Crippen LogP contribution in [0.25, 0.3) is 0 Å². The van der Waals surface area contributed by atoms with Crippen LogP contribution in [0.3, 0.4) is 0 Å². The number of nitrogens with zero attached hydrogens (tertiary/aromatic N) is 1. The van der Waals surface area contributed by atoms with Gasteiger partial charge in [0.25, 0.3) is 0 Å². The Bertz CT molecular complexity index is 493. The van der Waals surface area contributed by atoms with E-state index < -0.39 is 6.10 Å². The highest BCUT2D eigenvalue weighted by Gasteiger charge is 2.15. The van der Waals surface area contributed by atoms with Gasteiger partial charge in [0.15, 0.2) is 0 Å². The van der Waals surface area contributed by atoms with Gasteiger partial charge in [0.1, 0.15) is 17.6 Å². The monoisotopic (exact) mass is 233 g/mol. The van der Waals surface area contributed by atoms with E-state index in [2.05, 4.69) is 4.98 Å². The number of hydrogen-bond donors (Lipinski definition) is 1. The van der Waals surface area contributed by atoms with Crippen LogP contribution in [-0.4, -0.2) is 16.7 Å². The lowest BCUT2D eigenvalue weighted by atomic mass is 10.0. The van der Waals surface area contributed by atoms with Gasteiger partial charge in [-0.2, -0.15) is 0 Å². The Kier molecular flexibility index (Phi) is 3.44. The second-order valence-electron chi connectivity index (χ2n) is 3.72. The summed E-state index contributed by atoms with van der Waals surface area (Å²) in [7, 11) is 0. The molecule has 0 aliphatic rings. The number of furan rings is 1. The maximum atomic E-state index is 10.2. The fourth-order valence-corrected chi connectivity index (χ4v) is 1.69. The molecule has 2 aromatic heterocycles. The molecular weight excluding hydrogens is 218 g/mol. The average Bonchev–Trinajstić information content (AvgIpc) is 2.75. The van der Waals surface area contributed by atoms with Crippen molar-refractivity contribution in [2.75, 3.05) is 6.61 Å². The summed E-state index contributed by atoms with van der Waals surface area (Å²) in [5.41, 5.74) is 1.45. The molecule has 4 nitrogen and oxygen atoms in total. The SMILES string of the molecule is CCOc1cncc(C(O)c2ccoc2C)c1. The number of aliphatic hydroxyl groups excluding tert-OH is 1. The number of aliphatic hydroxyl groups is 1. The van der Waals surface area contributed by atoms with E-state index in [-0.39, 0.29) is 0 Å². The van der Waals surface area contributed by atoms with Crippen LogP contribution in [0.1, 0.15) is 29.9 Å². The normalized spacial score (nSPS) is 12.4. The number of hydrogen-bond acceptors (Lipinski definition) is 4. The summed E-state index contributed by atoms with van der Waals surface area (Å²) in [5.74, 6) is 1.37. The van der Waals surface area contributed by atoms with Gasteiger partial charge in [0, 0.05) is 17.3 Å². The van der Waals surface area contributed by atoms with Gasteiger partial charge < -0.3 is 14.3 Å². The third kappa shape index (κ3) is 2.47. The standard InChI is InChI=1S/C13H15NO3/c1-3-16-11-6-10(7-14-8-11)13(15)12-4-5-17-9(12)2/h4-8,13,15H,3H2,1-2H3. The van der Waals surface area contributed by atoms with Crippen LogP contribution in [0, 0.1) is 6.92 Å². The summed E-state index contributed by atoms with van der Waals surface area (Å²) in [5, 5.41) is 10.2. The van der Waals surface area contributed by atoms with Crippen LogP contribution in [0.15, 0.2) is 35.2 Å². The molecule has 0 aromatic carbocycles. The van der Waals surface area contributed by atoms with Gasteiger partial charge in [-0.1, -0.05) is 0 Å². The minimum Gasteiger partial charge on any atom is -0.492 e. The van der Waals surface area contributed by atoms with Crippen molar-refractivity contribution < 1.29 is 14.3 Å². The minimum atomic E-state index is -0.735. The molecule has 0 fully saturated rings. The zero-order valence-electron chi connectivity index (χ0n) is 9.88. The first-order valence-electron chi connectivity index (χ1n) is 5.52. The molecule has 1 atom stereocenters. The molecule has 0 aliphatic heterocycles. The predicted molar refractivity (Wildman–Crippen MR) is 62.9 cm³/mol. The van der Waals surface area contributed by atoms with Gasteiger partial charge in [0.05, 0.1) is 19.1 Å². The number of rotatable bonds is 4. The van der Waals surface area contributed by atoms with E-state index in [1.165, 1.54) is 0 Å². The van der Waals surface area contributed by atoms with E-state index in [1.54, 1.807) is 30.8 Å². The molecule has 0 saturated heterocycles. The maximum absolute atomic E-state index is 10.2. The molecule has 0 bridgehead atoms. The van der Waals surface area contributed by atoms with Gasteiger partial charge in [0.2, 0.25) is 0 Å². The molecule has 0 spiro atoms. The van der Waals surface area contributed by atoms with Crippen LogP contribution in [0.2, 0.25) is 0 Å². The fourth-order valence-electron chi connectivity index (χ4n) is 1.69. The summed E-state index contributed by atoms with van der Waals surface area (Å²) in [6.45, 7) is 4.30. The van der Waals surface area contributed by atoms with E-state index in [1.807, 2.05) is 13.8 Å². The van der Waals surface area contributed by atoms with Crippen molar-refractivity contribution in [1.82, 2.24) is 4.98 Å². The molecule has 4 heteroatoms. The van der Waals surface area contributed by atoms with Crippen LogP contribution in [-0.2, 0) is 0 Å². The molecule has 0 aliphatic carbocycles. The zero-order valence-corrected chi connectivity index (χ0v) is 9.88.